The van der Waals surface area contributed by atoms with Crippen LogP contribution in [0.1, 0.15) is 46.7 Å². The number of carbonyl (C=O) groups is 2. The molecule has 1 heterocycles. The van der Waals surface area contributed by atoms with Gasteiger partial charge in [0.1, 0.15) is 0 Å². The van der Waals surface area contributed by atoms with E-state index in [2.05, 4.69) is 10.4 Å². The summed E-state index contributed by atoms with van der Waals surface area (Å²) >= 11 is 0. The van der Waals surface area contributed by atoms with Crippen molar-refractivity contribution in [3.63, 3.8) is 0 Å². The minimum Gasteiger partial charge on any atom is -0.481 e. The average molecular weight is 389 g/mol. The third kappa shape index (κ3) is 3.66. The summed E-state index contributed by atoms with van der Waals surface area (Å²) in [5.74, 6) is -2.07. The molecular weight excluding hydrogens is 366 g/mol. The quantitative estimate of drug-likeness (QED) is 0.675. The van der Waals surface area contributed by atoms with Gasteiger partial charge < -0.3 is 10.4 Å². The fourth-order valence-corrected chi connectivity index (χ4v) is 3.91. The molecule has 29 heavy (non-hydrogen) atoms. The molecule has 0 bridgehead atoms. The van der Waals surface area contributed by atoms with E-state index in [9.17, 15) is 14.7 Å². The number of rotatable bonds is 6. The molecule has 0 aliphatic heterocycles. The number of carboxylic acids is 1. The van der Waals surface area contributed by atoms with Gasteiger partial charge in [-0.3, -0.25) is 9.59 Å². The maximum Gasteiger partial charge on any atom is 0.308 e. The summed E-state index contributed by atoms with van der Waals surface area (Å²) in [7, 11) is 0. The number of amides is 1. The van der Waals surface area contributed by atoms with E-state index in [-0.39, 0.29) is 5.91 Å². The number of para-hydroxylation sites is 1. The molecule has 0 saturated heterocycles. The first-order valence-corrected chi connectivity index (χ1v) is 9.81. The molecule has 1 aliphatic rings. The number of hydrogen-bond donors (Lipinski definition) is 2. The van der Waals surface area contributed by atoms with Gasteiger partial charge >= 0.3 is 5.97 Å². The first-order valence-electron chi connectivity index (χ1n) is 9.81. The van der Waals surface area contributed by atoms with E-state index in [0.717, 1.165) is 41.8 Å². The fourth-order valence-electron chi connectivity index (χ4n) is 3.91. The van der Waals surface area contributed by atoms with Crippen molar-refractivity contribution in [3.8, 4) is 5.69 Å². The zero-order valence-electron chi connectivity index (χ0n) is 16.2. The van der Waals surface area contributed by atoms with Gasteiger partial charge in [0.05, 0.1) is 17.6 Å². The second-order valence-corrected chi connectivity index (χ2v) is 7.36. The summed E-state index contributed by atoms with van der Waals surface area (Å²) in [6, 6.07) is 18.3. The largest absolute Gasteiger partial charge is 0.481 e. The van der Waals surface area contributed by atoms with E-state index >= 15 is 0 Å². The number of nitrogens with zero attached hydrogens (tertiary/aromatic N) is 2. The standard InChI is InChI=1S/C23H23N3O3/c1-15(23(28)29)20(16-9-4-2-5-10-16)24-22(27)21-18-13-8-14-19(18)26(25-21)17-11-6-3-7-12-17/h2-7,9-12,15,20H,8,13-14H2,1H3,(H,24,27)(H,28,29). The molecule has 0 spiro atoms. The normalized spacial score (nSPS) is 14.8. The number of carbonyl (C=O) groups excluding carboxylic acids is 1. The smallest absolute Gasteiger partial charge is 0.308 e. The molecule has 2 aromatic carbocycles. The molecule has 4 rings (SSSR count). The van der Waals surface area contributed by atoms with Crippen LogP contribution in [0.15, 0.2) is 60.7 Å². The maximum atomic E-state index is 13.2. The maximum absolute atomic E-state index is 13.2. The van der Waals surface area contributed by atoms with Gasteiger partial charge in [0, 0.05) is 11.3 Å². The van der Waals surface area contributed by atoms with Crippen LogP contribution in [0.3, 0.4) is 0 Å². The predicted molar refractivity (Wildman–Crippen MR) is 109 cm³/mol. The third-order valence-electron chi connectivity index (χ3n) is 5.48. The lowest BCUT2D eigenvalue weighted by Gasteiger charge is -2.22. The molecule has 6 nitrogen and oxygen atoms in total. The lowest BCUT2D eigenvalue weighted by atomic mass is 9.94. The van der Waals surface area contributed by atoms with Crippen molar-refractivity contribution in [3.05, 3.63) is 83.2 Å². The lowest BCUT2D eigenvalue weighted by molar-refractivity contribution is -0.142. The summed E-state index contributed by atoms with van der Waals surface area (Å²) in [6.07, 6.45) is 2.65. The second kappa shape index (κ2) is 7.91. The minimum absolute atomic E-state index is 0.334. The molecule has 2 N–H and O–H groups in total. The topological polar surface area (TPSA) is 84.2 Å². The molecule has 0 radical (unpaired) electrons. The molecule has 2 unspecified atom stereocenters. The molecule has 6 heteroatoms. The van der Waals surface area contributed by atoms with Gasteiger partial charge in [-0.15, -0.1) is 0 Å². The highest BCUT2D eigenvalue weighted by molar-refractivity contribution is 5.95. The number of nitrogens with one attached hydrogen (secondary N) is 1. The van der Waals surface area contributed by atoms with Gasteiger partial charge in [0.15, 0.2) is 5.69 Å². The SMILES string of the molecule is CC(C(=O)O)C(NC(=O)c1nn(-c2ccccc2)c2c1CCC2)c1ccccc1. The summed E-state index contributed by atoms with van der Waals surface area (Å²) in [4.78, 5) is 24.8. The number of benzene rings is 2. The highest BCUT2D eigenvalue weighted by Gasteiger charge is 2.31. The summed E-state index contributed by atoms with van der Waals surface area (Å²) < 4.78 is 1.84. The Bertz CT molecular complexity index is 1030. The van der Waals surface area contributed by atoms with Gasteiger partial charge in [0.2, 0.25) is 0 Å². The zero-order chi connectivity index (χ0) is 20.4. The Morgan fingerprint density at radius 2 is 1.69 bits per heavy atom. The van der Waals surface area contributed by atoms with Crippen LogP contribution in [-0.4, -0.2) is 26.8 Å². The van der Waals surface area contributed by atoms with E-state index in [4.69, 9.17) is 0 Å². The van der Waals surface area contributed by atoms with Crippen molar-refractivity contribution in [1.29, 1.82) is 0 Å². The van der Waals surface area contributed by atoms with Crippen LogP contribution in [-0.2, 0) is 17.6 Å². The van der Waals surface area contributed by atoms with E-state index in [0.29, 0.717) is 5.69 Å². The zero-order valence-corrected chi connectivity index (χ0v) is 16.2. The van der Waals surface area contributed by atoms with Crippen molar-refractivity contribution < 1.29 is 14.7 Å². The molecule has 0 fully saturated rings. The van der Waals surface area contributed by atoms with Crippen LogP contribution in [0.4, 0.5) is 0 Å². The van der Waals surface area contributed by atoms with Crippen molar-refractivity contribution >= 4 is 11.9 Å². The first-order chi connectivity index (χ1) is 14.1. The summed E-state index contributed by atoms with van der Waals surface area (Å²) in [5, 5.41) is 17.1. The highest BCUT2D eigenvalue weighted by atomic mass is 16.4. The molecule has 0 saturated carbocycles. The third-order valence-corrected chi connectivity index (χ3v) is 5.48. The summed E-state index contributed by atoms with van der Waals surface area (Å²) in [5.41, 5.74) is 4.09. The number of aliphatic carboxylic acids is 1. The summed E-state index contributed by atoms with van der Waals surface area (Å²) in [6.45, 7) is 1.60. The second-order valence-electron chi connectivity index (χ2n) is 7.36. The predicted octanol–water partition coefficient (Wildman–Crippen LogP) is 3.55. The Kier molecular flexibility index (Phi) is 5.16. The fraction of sp³-hybridized carbons (Fsp3) is 0.261. The van der Waals surface area contributed by atoms with Crippen LogP contribution < -0.4 is 5.32 Å². The first kappa shape index (κ1) is 18.9. The molecule has 3 aromatic rings. The lowest BCUT2D eigenvalue weighted by Crippen LogP contribution is -2.36. The van der Waals surface area contributed by atoms with Gasteiger partial charge in [-0.25, -0.2) is 4.68 Å². The molecule has 148 valence electrons. The van der Waals surface area contributed by atoms with Gasteiger partial charge in [-0.05, 0) is 43.9 Å². The van der Waals surface area contributed by atoms with E-state index < -0.39 is 17.9 Å². The van der Waals surface area contributed by atoms with E-state index in [1.165, 1.54) is 0 Å². The van der Waals surface area contributed by atoms with Crippen molar-refractivity contribution in [2.75, 3.05) is 0 Å². The van der Waals surface area contributed by atoms with Crippen LogP contribution in [0.25, 0.3) is 5.69 Å². The van der Waals surface area contributed by atoms with Gasteiger partial charge in [0.25, 0.3) is 5.91 Å². The molecule has 1 aromatic heterocycles. The van der Waals surface area contributed by atoms with Crippen molar-refractivity contribution in [2.24, 2.45) is 5.92 Å². The minimum atomic E-state index is -0.959. The molecule has 1 aliphatic carbocycles. The molecular formula is C23H23N3O3. The monoisotopic (exact) mass is 389 g/mol. The number of hydrogen-bond acceptors (Lipinski definition) is 3. The van der Waals surface area contributed by atoms with Gasteiger partial charge in [-0.1, -0.05) is 48.5 Å². The Morgan fingerprint density at radius 1 is 1.03 bits per heavy atom. The Hall–Kier alpha value is -3.41. The van der Waals surface area contributed by atoms with Crippen molar-refractivity contribution in [1.82, 2.24) is 15.1 Å². The van der Waals surface area contributed by atoms with Crippen LogP contribution in [0, 0.1) is 5.92 Å². The number of aromatic nitrogens is 2. The average Bonchev–Trinajstić information content (AvgIpc) is 3.35. The van der Waals surface area contributed by atoms with Crippen LogP contribution in [0.2, 0.25) is 0 Å². The van der Waals surface area contributed by atoms with E-state index in [1.807, 2.05) is 65.3 Å². The highest BCUT2D eigenvalue weighted by Crippen LogP contribution is 2.29. The molecule has 2 atom stereocenters. The van der Waals surface area contributed by atoms with Crippen molar-refractivity contribution in [2.45, 2.75) is 32.2 Å². The Labute approximate surface area is 169 Å². The molecule has 1 amide bonds. The number of carboxylic acid groups (broad SMARTS) is 1. The van der Waals surface area contributed by atoms with E-state index in [1.54, 1.807) is 6.92 Å². The Balaban J connectivity index is 1.68. The van der Waals surface area contributed by atoms with Crippen LogP contribution >= 0.6 is 0 Å². The van der Waals surface area contributed by atoms with Crippen LogP contribution in [0.5, 0.6) is 0 Å². The van der Waals surface area contributed by atoms with Gasteiger partial charge in [-0.2, -0.15) is 5.10 Å². The Morgan fingerprint density at radius 3 is 2.34 bits per heavy atom. The number of fused-ring (bicyclic) bond motifs is 1.